The van der Waals surface area contributed by atoms with E-state index in [1.807, 2.05) is 13.8 Å². The van der Waals surface area contributed by atoms with E-state index in [4.69, 9.17) is 4.74 Å². The zero-order valence-electron chi connectivity index (χ0n) is 10.2. The standard InChI is InChI=1S/C12H18O4/c1-7(2)9-10(14)12(4,11(15)16-9)6-5-8(3)13/h7,9H,5-6H2,1-4H3/t9-,12-/m0/s1. The second kappa shape index (κ2) is 4.36. The van der Waals surface area contributed by atoms with Gasteiger partial charge in [-0.25, -0.2) is 0 Å². The Balaban J connectivity index is 2.83. The van der Waals surface area contributed by atoms with Gasteiger partial charge in [-0.15, -0.1) is 0 Å². The molecule has 0 spiro atoms. The molecule has 0 amide bonds. The Hall–Kier alpha value is -1.19. The quantitative estimate of drug-likeness (QED) is 0.538. The fourth-order valence-corrected chi connectivity index (χ4v) is 1.80. The summed E-state index contributed by atoms with van der Waals surface area (Å²) in [5.41, 5.74) is -1.12. The van der Waals surface area contributed by atoms with Crippen LogP contribution in [0.3, 0.4) is 0 Å². The van der Waals surface area contributed by atoms with Crippen LogP contribution in [0.15, 0.2) is 0 Å². The van der Waals surface area contributed by atoms with Gasteiger partial charge in [-0.05, 0) is 26.2 Å². The highest BCUT2D eigenvalue weighted by molar-refractivity contribution is 6.10. The summed E-state index contributed by atoms with van der Waals surface area (Å²) in [5, 5.41) is 0. The lowest BCUT2D eigenvalue weighted by Gasteiger charge is -2.16. The zero-order chi connectivity index (χ0) is 12.5. The molecule has 1 saturated heterocycles. The third kappa shape index (κ3) is 2.15. The maximum Gasteiger partial charge on any atom is 0.320 e. The summed E-state index contributed by atoms with van der Waals surface area (Å²) in [5.74, 6) is -0.711. The van der Waals surface area contributed by atoms with E-state index in [0.717, 1.165) is 0 Å². The van der Waals surface area contributed by atoms with Gasteiger partial charge in [-0.2, -0.15) is 0 Å². The molecular formula is C12H18O4. The van der Waals surface area contributed by atoms with Gasteiger partial charge in [-0.1, -0.05) is 13.8 Å². The molecule has 4 heteroatoms. The number of carbonyl (C=O) groups is 3. The summed E-state index contributed by atoms with van der Waals surface area (Å²) in [4.78, 5) is 34.6. The minimum Gasteiger partial charge on any atom is -0.453 e. The monoisotopic (exact) mass is 226 g/mol. The molecule has 0 N–H and O–H groups in total. The molecule has 16 heavy (non-hydrogen) atoms. The van der Waals surface area contributed by atoms with Crippen molar-refractivity contribution in [1.29, 1.82) is 0 Å². The topological polar surface area (TPSA) is 60.4 Å². The third-order valence-electron chi connectivity index (χ3n) is 3.07. The highest BCUT2D eigenvalue weighted by Gasteiger charge is 2.54. The summed E-state index contributed by atoms with van der Waals surface area (Å²) >= 11 is 0. The van der Waals surface area contributed by atoms with E-state index >= 15 is 0 Å². The van der Waals surface area contributed by atoms with Crippen molar-refractivity contribution in [3.63, 3.8) is 0 Å². The Bertz CT molecular complexity index is 332. The van der Waals surface area contributed by atoms with Crippen molar-refractivity contribution in [2.75, 3.05) is 0 Å². The molecule has 0 radical (unpaired) electrons. The summed E-state index contributed by atoms with van der Waals surface area (Å²) in [6.45, 7) is 6.70. The fraction of sp³-hybridized carbons (Fsp3) is 0.750. The van der Waals surface area contributed by atoms with E-state index in [9.17, 15) is 14.4 Å². The molecule has 0 aromatic heterocycles. The predicted molar refractivity (Wildman–Crippen MR) is 57.7 cm³/mol. The van der Waals surface area contributed by atoms with Crippen molar-refractivity contribution in [2.45, 2.75) is 46.6 Å². The molecule has 2 atom stereocenters. The molecule has 0 aromatic rings. The fourth-order valence-electron chi connectivity index (χ4n) is 1.80. The molecule has 1 rings (SSSR count). The first-order valence-electron chi connectivity index (χ1n) is 5.54. The van der Waals surface area contributed by atoms with Crippen LogP contribution >= 0.6 is 0 Å². The Kier molecular flexibility index (Phi) is 3.51. The number of esters is 1. The van der Waals surface area contributed by atoms with Gasteiger partial charge >= 0.3 is 5.97 Å². The Morgan fingerprint density at radius 3 is 2.38 bits per heavy atom. The number of rotatable bonds is 4. The first kappa shape index (κ1) is 12.9. The molecule has 0 bridgehead atoms. The van der Waals surface area contributed by atoms with Crippen LogP contribution in [0, 0.1) is 11.3 Å². The average Bonchev–Trinajstić information content (AvgIpc) is 2.40. The second-order valence-electron chi connectivity index (χ2n) is 4.97. The van der Waals surface area contributed by atoms with Crippen molar-refractivity contribution >= 4 is 17.5 Å². The van der Waals surface area contributed by atoms with Crippen LogP contribution in [0.4, 0.5) is 0 Å². The molecule has 4 nitrogen and oxygen atoms in total. The van der Waals surface area contributed by atoms with Crippen molar-refractivity contribution in [2.24, 2.45) is 11.3 Å². The molecule has 0 aliphatic carbocycles. The predicted octanol–water partition coefficient (Wildman–Crippen LogP) is 1.51. The molecular weight excluding hydrogens is 208 g/mol. The van der Waals surface area contributed by atoms with Gasteiger partial charge in [0.1, 0.15) is 11.2 Å². The number of hydrogen-bond donors (Lipinski definition) is 0. The summed E-state index contributed by atoms with van der Waals surface area (Å²) in [7, 11) is 0. The first-order valence-corrected chi connectivity index (χ1v) is 5.54. The number of ether oxygens (including phenoxy) is 1. The molecule has 1 aliphatic heterocycles. The summed E-state index contributed by atoms with van der Waals surface area (Å²) in [6, 6.07) is 0. The molecule has 1 aliphatic rings. The van der Waals surface area contributed by atoms with E-state index in [0.29, 0.717) is 0 Å². The minimum atomic E-state index is -1.12. The SMILES string of the molecule is CC(=O)CC[C@]1(C)C(=O)O[C@@H](C(C)C)C1=O. The lowest BCUT2D eigenvalue weighted by atomic mass is 9.79. The van der Waals surface area contributed by atoms with Crippen LogP contribution < -0.4 is 0 Å². The first-order chi connectivity index (χ1) is 7.29. The Morgan fingerprint density at radius 1 is 1.44 bits per heavy atom. The van der Waals surface area contributed by atoms with E-state index in [1.165, 1.54) is 6.92 Å². The Morgan fingerprint density at radius 2 is 2.00 bits per heavy atom. The highest BCUT2D eigenvalue weighted by Crippen LogP contribution is 2.37. The number of hydrogen-bond acceptors (Lipinski definition) is 4. The highest BCUT2D eigenvalue weighted by atomic mass is 16.6. The lowest BCUT2D eigenvalue weighted by Crippen LogP contribution is -2.34. The van der Waals surface area contributed by atoms with Gasteiger partial charge in [0.05, 0.1) is 0 Å². The molecule has 1 heterocycles. The van der Waals surface area contributed by atoms with E-state index in [1.54, 1.807) is 6.92 Å². The van der Waals surface area contributed by atoms with Gasteiger partial charge in [0.2, 0.25) is 0 Å². The second-order valence-corrected chi connectivity index (χ2v) is 4.97. The number of carbonyl (C=O) groups excluding carboxylic acids is 3. The normalized spacial score (nSPS) is 29.7. The van der Waals surface area contributed by atoms with Crippen molar-refractivity contribution < 1.29 is 19.1 Å². The van der Waals surface area contributed by atoms with E-state index in [-0.39, 0.29) is 30.3 Å². The van der Waals surface area contributed by atoms with Crippen LogP contribution in [-0.4, -0.2) is 23.6 Å². The molecule has 0 saturated carbocycles. The van der Waals surface area contributed by atoms with Crippen molar-refractivity contribution in [3.8, 4) is 0 Å². The van der Waals surface area contributed by atoms with Gasteiger partial charge in [0.15, 0.2) is 11.9 Å². The van der Waals surface area contributed by atoms with Gasteiger partial charge in [0.25, 0.3) is 0 Å². The van der Waals surface area contributed by atoms with Crippen LogP contribution in [0.1, 0.15) is 40.5 Å². The van der Waals surface area contributed by atoms with Crippen LogP contribution in [0.25, 0.3) is 0 Å². The van der Waals surface area contributed by atoms with Crippen LogP contribution in [-0.2, 0) is 19.1 Å². The molecule has 0 aromatic carbocycles. The van der Waals surface area contributed by atoms with E-state index in [2.05, 4.69) is 0 Å². The molecule has 1 fully saturated rings. The number of ketones is 2. The summed E-state index contributed by atoms with van der Waals surface area (Å²) in [6.07, 6.45) is -0.157. The average molecular weight is 226 g/mol. The maximum atomic E-state index is 12.0. The van der Waals surface area contributed by atoms with Gasteiger partial charge in [0, 0.05) is 6.42 Å². The lowest BCUT2D eigenvalue weighted by molar-refractivity contribution is -0.149. The minimum absolute atomic E-state index is 0.0180. The third-order valence-corrected chi connectivity index (χ3v) is 3.07. The summed E-state index contributed by atoms with van der Waals surface area (Å²) < 4.78 is 5.08. The van der Waals surface area contributed by atoms with E-state index < -0.39 is 17.5 Å². The van der Waals surface area contributed by atoms with Crippen LogP contribution in [0.5, 0.6) is 0 Å². The number of Topliss-reactive ketones (excluding diaryl/α,β-unsaturated/α-hetero) is 2. The number of cyclic esters (lactones) is 1. The van der Waals surface area contributed by atoms with Crippen molar-refractivity contribution in [1.82, 2.24) is 0 Å². The van der Waals surface area contributed by atoms with Gasteiger partial charge < -0.3 is 9.53 Å². The molecule has 90 valence electrons. The molecule has 0 unspecified atom stereocenters. The largest absolute Gasteiger partial charge is 0.453 e. The van der Waals surface area contributed by atoms with Crippen molar-refractivity contribution in [3.05, 3.63) is 0 Å². The Labute approximate surface area is 95.3 Å². The maximum absolute atomic E-state index is 12.0. The zero-order valence-corrected chi connectivity index (χ0v) is 10.2. The van der Waals surface area contributed by atoms with Crippen LogP contribution in [0.2, 0.25) is 0 Å². The smallest absolute Gasteiger partial charge is 0.320 e. The van der Waals surface area contributed by atoms with Gasteiger partial charge in [-0.3, -0.25) is 9.59 Å².